The number of ether oxygens (including phenoxy) is 1. The molecule has 0 saturated carbocycles. The van der Waals surface area contributed by atoms with Gasteiger partial charge in [0.25, 0.3) is 0 Å². The highest BCUT2D eigenvalue weighted by molar-refractivity contribution is 7.09. The number of hydrogen-bond acceptors (Lipinski definition) is 4. The van der Waals surface area contributed by atoms with Crippen LogP contribution in [0.5, 0.6) is 0 Å². The van der Waals surface area contributed by atoms with Crippen LogP contribution in [0.25, 0.3) is 0 Å². The summed E-state index contributed by atoms with van der Waals surface area (Å²) in [6, 6.07) is 3.69. The number of carbonyl (C=O) groups is 1. The quantitative estimate of drug-likeness (QED) is 0.832. The molecule has 0 radical (unpaired) electrons. The van der Waals surface area contributed by atoms with Gasteiger partial charge in [-0.15, -0.1) is 11.3 Å². The Morgan fingerprint density at radius 2 is 2.30 bits per heavy atom. The number of rotatable bonds is 6. The molecule has 0 saturated heterocycles. The summed E-state index contributed by atoms with van der Waals surface area (Å²) < 4.78 is 18.9. The molecule has 1 N–H and O–H groups in total. The minimum Gasteiger partial charge on any atom is -0.478 e. The largest absolute Gasteiger partial charge is 0.478 e. The molecule has 1 aromatic heterocycles. The van der Waals surface area contributed by atoms with Gasteiger partial charge in [-0.1, -0.05) is 0 Å². The predicted octanol–water partition coefficient (Wildman–Crippen LogP) is 3.05. The minimum absolute atomic E-state index is 0.0586. The van der Waals surface area contributed by atoms with Crippen LogP contribution < -0.4 is 0 Å². The zero-order chi connectivity index (χ0) is 14.5. The molecule has 1 aromatic carbocycles. The van der Waals surface area contributed by atoms with Crippen molar-refractivity contribution in [2.75, 3.05) is 6.61 Å². The summed E-state index contributed by atoms with van der Waals surface area (Å²) in [5.74, 6) is -1.53. The fraction of sp³-hybridized carbons (Fsp3) is 0.286. The van der Waals surface area contributed by atoms with E-state index in [0.29, 0.717) is 6.61 Å². The standard InChI is InChI=1S/C14H14FNO3S/c1-9-13(20-8-16-9)4-5-19-7-11-6-10(14(17)18)2-3-12(11)15/h2-3,6,8H,4-5,7H2,1H3,(H,17,18). The molecule has 0 aliphatic heterocycles. The van der Waals surface area contributed by atoms with E-state index in [2.05, 4.69) is 4.98 Å². The lowest BCUT2D eigenvalue weighted by Gasteiger charge is -2.06. The van der Waals surface area contributed by atoms with Crippen molar-refractivity contribution in [3.8, 4) is 0 Å². The summed E-state index contributed by atoms with van der Waals surface area (Å²) in [5.41, 5.74) is 3.08. The molecule has 0 aliphatic rings. The first-order valence-corrected chi connectivity index (χ1v) is 6.94. The monoisotopic (exact) mass is 295 g/mol. The third-order valence-corrected chi connectivity index (χ3v) is 3.86. The van der Waals surface area contributed by atoms with E-state index in [0.717, 1.165) is 23.1 Å². The number of aromatic carboxylic acids is 1. The van der Waals surface area contributed by atoms with Gasteiger partial charge in [0.1, 0.15) is 5.82 Å². The van der Waals surface area contributed by atoms with Crippen LogP contribution in [0, 0.1) is 12.7 Å². The molecule has 2 rings (SSSR count). The third-order valence-electron chi connectivity index (χ3n) is 2.87. The van der Waals surface area contributed by atoms with Crippen LogP contribution in [0.4, 0.5) is 4.39 Å². The number of hydrogen-bond donors (Lipinski definition) is 1. The van der Waals surface area contributed by atoms with E-state index in [-0.39, 0.29) is 17.7 Å². The van der Waals surface area contributed by atoms with Crippen molar-refractivity contribution in [2.24, 2.45) is 0 Å². The number of carboxylic acid groups (broad SMARTS) is 1. The van der Waals surface area contributed by atoms with Gasteiger partial charge in [0, 0.05) is 16.9 Å². The molecule has 20 heavy (non-hydrogen) atoms. The van der Waals surface area contributed by atoms with Crippen LogP contribution in [0.15, 0.2) is 23.7 Å². The summed E-state index contributed by atoms with van der Waals surface area (Å²) in [4.78, 5) is 16.1. The molecule has 2 aromatic rings. The number of halogens is 1. The Balaban J connectivity index is 1.89. The van der Waals surface area contributed by atoms with Gasteiger partial charge in [0.15, 0.2) is 0 Å². The zero-order valence-corrected chi connectivity index (χ0v) is 11.7. The van der Waals surface area contributed by atoms with Crippen LogP contribution in [-0.2, 0) is 17.8 Å². The molecule has 0 spiro atoms. The summed E-state index contributed by atoms with van der Waals surface area (Å²) in [6.07, 6.45) is 0.719. The van der Waals surface area contributed by atoms with Gasteiger partial charge < -0.3 is 9.84 Å². The Hall–Kier alpha value is -1.79. The molecule has 6 heteroatoms. The first-order chi connectivity index (χ1) is 9.58. The first-order valence-electron chi connectivity index (χ1n) is 6.06. The van der Waals surface area contributed by atoms with Gasteiger partial charge in [-0.25, -0.2) is 14.2 Å². The van der Waals surface area contributed by atoms with Gasteiger partial charge in [-0.2, -0.15) is 0 Å². The van der Waals surface area contributed by atoms with Crippen LogP contribution >= 0.6 is 11.3 Å². The zero-order valence-electron chi connectivity index (χ0n) is 10.9. The molecular weight excluding hydrogens is 281 g/mol. The van der Waals surface area contributed by atoms with Gasteiger partial charge in [0.2, 0.25) is 0 Å². The van der Waals surface area contributed by atoms with Crippen molar-refractivity contribution in [3.63, 3.8) is 0 Å². The molecule has 0 aliphatic carbocycles. The van der Waals surface area contributed by atoms with E-state index in [9.17, 15) is 9.18 Å². The second kappa shape index (κ2) is 6.58. The summed E-state index contributed by atoms with van der Waals surface area (Å²) in [6.45, 7) is 2.44. The molecule has 0 atom stereocenters. The first kappa shape index (κ1) is 14.6. The molecule has 1 heterocycles. The number of thiazole rings is 1. The van der Waals surface area contributed by atoms with E-state index < -0.39 is 11.8 Å². The van der Waals surface area contributed by atoms with E-state index in [4.69, 9.17) is 9.84 Å². The van der Waals surface area contributed by atoms with E-state index in [1.807, 2.05) is 6.92 Å². The van der Waals surface area contributed by atoms with Gasteiger partial charge >= 0.3 is 5.97 Å². The maximum atomic E-state index is 13.5. The van der Waals surface area contributed by atoms with Crippen LogP contribution in [-0.4, -0.2) is 22.7 Å². The lowest BCUT2D eigenvalue weighted by atomic mass is 10.1. The number of nitrogens with zero attached hydrogens (tertiary/aromatic N) is 1. The Morgan fingerprint density at radius 3 is 2.95 bits per heavy atom. The Morgan fingerprint density at radius 1 is 1.50 bits per heavy atom. The van der Waals surface area contributed by atoms with Crippen LogP contribution in [0.3, 0.4) is 0 Å². The lowest BCUT2D eigenvalue weighted by molar-refractivity contribution is 0.0696. The number of benzene rings is 1. The maximum Gasteiger partial charge on any atom is 0.335 e. The Labute approximate surface area is 119 Å². The highest BCUT2D eigenvalue weighted by Crippen LogP contribution is 2.15. The average molecular weight is 295 g/mol. The average Bonchev–Trinajstić information content (AvgIpc) is 2.82. The molecule has 4 nitrogen and oxygen atoms in total. The molecular formula is C14H14FNO3S. The number of aromatic nitrogens is 1. The van der Waals surface area contributed by atoms with Crippen LogP contribution in [0.2, 0.25) is 0 Å². The number of aryl methyl sites for hydroxylation is 1. The second-order valence-corrected chi connectivity index (χ2v) is 5.21. The predicted molar refractivity (Wildman–Crippen MR) is 73.6 cm³/mol. The van der Waals surface area contributed by atoms with Gasteiger partial charge in [0.05, 0.1) is 30.0 Å². The Kier molecular flexibility index (Phi) is 4.81. The SMILES string of the molecule is Cc1ncsc1CCOCc1cc(C(=O)O)ccc1F. The van der Waals surface area contributed by atoms with E-state index in [1.165, 1.54) is 12.1 Å². The van der Waals surface area contributed by atoms with Crippen molar-refractivity contribution in [1.82, 2.24) is 4.98 Å². The fourth-order valence-corrected chi connectivity index (χ4v) is 2.49. The maximum absolute atomic E-state index is 13.5. The molecule has 0 fully saturated rings. The van der Waals surface area contributed by atoms with Crippen molar-refractivity contribution >= 4 is 17.3 Å². The highest BCUT2D eigenvalue weighted by Gasteiger charge is 2.09. The smallest absolute Gasteiger partial charge is 0.335 e. The molecule has 0 unspecified atom stereocenters. The summed E-state index contributed by atoms with van der Waals surface area (Å²) >= 11 is 1.56. The molecule has 0 amide bonds. The third kappa shape index (κ3) is 3.61. The molecule has 0 bridgehead atoms. The van der Waals surface area contributed by atoms with Crippen molar-refractivity contribution in [3.05, 3.63) is 51.2 Å². The topological polar surface area (TPSA) is 59.4 Å². The normalized spacial score (nSPS) is 10.7. The second-order valence-electron chi connectivity index (χ2n) is 4.27. The number of carboxylic acids is 1. The van der Waals surface area contributed by atoms with E-state index in [1.54, 1.807) is 16.8 Å². The Bertz CT molecular complexity index is 612. The van der Waals surface area contributed by atoms with Crippen molar-refractivity contribution < 1.29 is 19.0 Å². The van der Waals surface area contributed by atoms with Crippen molar-refractivity contribution in [1.29, 1.82) is 0 Å². The van der Waals surface area contributed by atoms with Gasteiger partial charge in [-0.3, -0.25) is 0 Å². The van der Waals surface area contributed by atoms with Gasteiger partial charge in [-0.05, 0) is 25.1 Å². The van der Waals surface area contributed by atoms with E-state index >= 15 is 0 Å². The van der Waals surface area contributed by atoms with Crippen molar-refractivity contribution in [2.45, 2.75) is 20.0 Å². The minimum atomic E-state index is -1.08. The fourth-order valence-electron chi connectivity index (χ4n) is 1.73. The lowest BCUT2D eigenvalue weighted by Crippen LogP contribution is -2.03. The molecule has 106 valence electrons. The summed E-state index contributed by atoms with van der Waals surface area (Å²) in [5, 5.41) is 8.86. The highest BCUT2D eigenvalue weighted by atomic mass is 32.1. The van der Waals surface area contributed by atoms with Crippen LogP contribution in [0.1, 0.15) is 26.5 Å². The summed E-state index contributed by atoms with van der Waals surface area (Å²) in [7, 11) is 0.